The fourth-order valence-electron chi connectivity index (χ4n) is 4.00. The van der Waals surface area contributed by atoms with Crippen molar-refractivity contribution in [3.05, 3.63) is 93.0 Å². The van der Waals surface area contributed by atoms with Crippen LogP contribution >= 0.6 is 27.3 Å². The van der Waals surface area contributed by atoms with E-state index in [1.165, 1.54) is 21.8 Å². The minimum atomic E-state index is -0.848. The topological polar surface area (TPSA) is 83.6 Å². The molecular weight excluding hydrogens is 504 g/mol. The fourth-order valence-corrected chi connectivity index (χ4v) is 5.47. The molecule has 8 heteroatoms. The largest absolute Gasteiger partial charge is 0.503 e. The number of carbonyl (C=O) groups excluding carboxylic acids is 2. The van der Waals surface area contributed by atoms with Gasteiger partial charge in [-0.1, -0.05) is 52.4 Å². The van der Waals surface area contributed by atoms with Gasteiger partial charge in [-0.2, -0.15) is 0 Å². The first-order valence-electron chi connectivity index (χ1n) is 10.4. The van der Waals surface area contributed by atoms with Gasteiger partial charge in [0.15, 0.2) is 16.7 Å². The van der Waals surface area contributed by atoms with Crippen LogP contribution in [0.5, 0.6) is 0 Å². The number of rotatable bonds is 5. The average Bonchev–Trinajstić information content (AvgIpc) is 3.49. The van der Waals surface area contributed by atoms with E-state index in [2.05, 4.69) is 33.9 Å². The maximum atomic E-state index is 13.4. The van der Waals surface area contributed by atoms with E-state index in [1.807, 2.05) is 36.4 Å². The molecule has 6 nitrogen and oxygen atoms in total. The van der Waals surface area contributed by atoms with Crippen molar-refractivity contribution in [2.24, 2.45) is 0 Å². The Balaban J connectivity index is 1.67. The average molecular weight is 523 g/mol. The van der Waals surface area contributed by atoms with Crippen LogP contribution in [-0.4, -0.2) is 21.8 Å². The van der Waals surface area contributed by atoms with Gasteiger partial charge in [0.2, 0.25) is 5.78 Å². The van der Waals surface area contributed by atoms with Crippen molar-refractivity contribution < 1.29 is 19.1 Å². The Labute approximate surface area is 202 Å². The summed E-state index contributed by atoms with van der Waals surface area (Å²) in [5.41, 5.74) is 2.57. The number of aliphatic hydroxyl groups is 1. The van der Waals surface area contributed by atoms with Crippen LogP contribution < -0.4 is 4.90 Å². The molecular formula is C25H19BrN2O4S. The van der Waals surface area contributed by atoms with Gasteiger partial charge in [-0.05, 0) is 60.9 Å². The van der Waals surface area contributed by atoms with Crippen molar-refractivity contribution in [1.82, 2.24) is 4.98 Å². The second-order valence-electron chi connectivity index (χ2n) is 7.79. The van der Waals surface area contributed by atoms with Gasteiger partial charge >= 0.3 is 0 Å². The molecule has 1 unspecified atom stereocenters. The minimum absolute atomic E-state index is 0.0269. The number of aromatic nitrogens is 1. The second kappa shape index (κ2) is 8.28. The molecule has 1 atom stereocenters. The molecule has 1 aliphatic rings. The Morgan fingerprint density at radius 3 is 2.73 bits per heavy atom. The molecule has 3 heterocycles. The number of amides is 1. The number of hydrogen-bond donors (Lipinski definition) is 1. The zero-order chi connectivity index (χ0) is 23.3. The highest BCUT2D eigenvalue weighted by molar-refractivity contribution is 9.10. The zero-order valence-electron chi connectivity index (χ0n) is 17.8. The van der Waals surface area contributed by atoms with Crippen LogP contribution in [-0.2, 0) is 11.2 Å². The van der Waals surface area contributed by atoms with Crippen molar-refractivity contribution in [3.8, 4) is 0 Å². The summed E-state index contributed by atoms with van der Waals surface area (Å²) in [6.45, 7) is 3.81. The summed E-state index contributed by atoms with van der Waals surface area (Å²) >= 11 is 4.82. The third-order valence-electron chi connectivity index (χ3n) is 5.64. The van der Waals surface area contributed by atoms with E-state index < -0.39 is 23.5 Å². The number of fused-ring (bicyclic) bond motifs is 1. The van der Waals surface area contributed by atoms with Gasteiger partial charge in [-0.3, -0.25) is 14.5 Å². The van der Waals surface area contributed by atoms with Crippen molar-refractivity contribution in [1.29, 1.82) is 0 Å². The molecule has 4 aromatic rings. The Hall–Kier alpha value is -3.23. The predicted octanol–water partition coefficient (Wildman–Crippen LogP) is 6.31. The highest BCUT2D eigenvalue weighted by atomic mass is 79.9. The van der Waals surface area contributed by atoms with Gasteiger partial charge in [0.25, 0.3) is 5.91 Å². The molecule has 0 spiro atoms. The van der Waals surface area contributed by atoms with E-state index in [4.69, 9.17) is 4.42 Å². The van der Waals surface area contributed by atoms with Crippen molar-refractivity contribution in [2.45, 2.75) is 26.3 Å². The van der Waals surface area contributed by atoms with Gasteiger partial charge in [-0.25, -0.2) is 4.98 Å². The Kier molecular flexibility index (Phi) is 5.42. The fraction of sp³-hybridized carbons (Fsp3) is 0.160. The van der Waals surface area contributed by atoms with Crippen LogP contribution in [0.1, 0.15) is 40.4 Å². The summed E-state index contributed by atoms with van der Waals surface area (Å²) in [6, 6.07) is 15.7. The smallest absolute Gasteiger partial charge is 0.296 e. The first kappa shape index (κ1) is 21.6. The zero-order valence-corrected chi connectivity index (χ0v) is 20.2. The number of ketones is 1. The number of anilines is 1. The van der Waals surface area contributed by atoms with E-state index in [0.717, 1.165) is 21.1 Å². The molecule has 5 rings (SSSR count). The molecule has 33 heavy (non-hydrogen) atoms. The number of furan rings is 1. The lowest BCUT2D eigenvalue weighted by atomic mass is 9.95. The lowest BCUT2D eigenvalue weighted by Crippen LogP contribution is -2.30. The molecule has 0 fully saturated rings. The Morgan fingerprint density at radius 2 is 2.03 bits per heavy atom. The molecule has 1 aliphatic heterocycles. The highest BCUT2D eigenvalue weighted by Gasteiger charge is 2.46. The van der Waals surface area contributed by atoms with E-state index >= 15 is 0 Å². The van der Waals surface area contributed by atoms with E-state index in [0.29, 0.717) is 16.5 Å². The van der Waals surface area contributed by atoms with Gasteiger partial charge in [0.1, 0.15) is 5.76 Å². The second-order valence-corrected chi connectivity index (χ2v) is 9.71. The summed E-state index contributed by atoms with van der Waals surface area (Å²) in [5.74, 6) is -1.15. The molecule has 0 bridgehead atoms. The van der Waals surface area contributed by atoms with Gasteiger partial charge in [0.05, 0.1) is 21.8 Å². The number of nitrogens with zero attached hydrogens (tertiary/aromatic N) is 2. The first-order valence-corrected chi connectivity index (χ1v) is 12.0. The molecule has 0 aliphatic carbocycles. The van der Waals surface area contributed by atoms with Crippen LogP contribution in [0.25, 0.3) is 10.2 Å². The van der Waals surface area contributed by atoms with Crippen LogP contribution in [0, 0.1) is 6.92 Å². The van der Waals surface area contributed by atoms with Crippen molar-refractivity contribution >= 4 is 54.3 Å². The minimum Gasteiger partial charge on any atom is -0.503 e. The lowest BCUT2D eigenvalue weighted by molar-refractivity contribution is -0.117. The Morgan fingerprint density at radius 1 is 1.21 bits per heavy atom. The first-order chi connectivity index (χ1) is 15.9. The number of aliphatic hydroxyl groups excluding tert-OH is 1. The lowest BCUT2D eigenvalue weighted by Gasteiger charge is -2.24. The molecule has 0 saturated carbocycles. The number of benzene rings is 2. The normalized spacial score (nSPS) is 16.3. The van der Waals surface area contributed by atoms with E-state index in [9.17, 15) is 14.7 Å². The summed E-state index contributed by atoms with van der Waals surface area (Å²) in [6.07, 6.45) is 0.885. The third kappa shape index (κ3) is 3.69. The van der Waals surface area contributed by atoms with Gasteiger partial charge in [0, 0.05) is 4.47 Å². The standard InChI is InChI=1S/C25H19BrN2O4S/c1-3-14-8-9-17-19(11-14)33-25(27-17)28-21(15-5-4-6-16(26)12-15)20(23(30)24(28)31)22(29)18-10-7-13(2)32-18/h4-12,21,30H,3H2,1-2H3. The van der Waals surface area contributed by atoms with Crippen molar-refractivity contribution in [3.63, 3.8) is 0 Å². The number of halogens is 1. The number of aryl methyl sites for hydroxylation is 2. The molecule has 0 saturated heterocycles. The van der Waals surface area contributed by atoms with Crippen LogP contribution in [0.3, 0.4) is 0 Å². The maximum Gasteiger partial charge on any atom is 0.296 e. The maximum absolute atomic E-state index is 13.4. The molecule has 0 radical (unpaired) electrons. The molecule has 166 valence electrons. The van der Waals surface area contributed by atoms with Gasteiger partial charge in [-0.15, -0.1) is 0 Å². The van der Waals surface area contributed by atoms with Crippen LogP contribution in [0.4, 0.5) is 5.13 Å². The van der Waals surface area contributed by atoms with Crippen LogP contribution in [0.2, 0.25) is 0 Å². The number of hydrogen-bond acceptors (Lipinski definition) is 6. The molecule has 1 amide bonds. The summed E-state index contributed by atoms with van der Waals surface area (Å²) < 4.78 is 7.24. The summed E-state index contributed by atoms with van der Waals surface area (Å²) in [4.78, 5) is 32.8. The summed E-state index contributed by atoms with van der Waals surface area (Å²) in [7, 11) is 0. The number of carbonyl (C=O) groups is 2. The number of thiazole rings is 1. The van der Waals surface area contributed by atoms with Crippen LogP contribution in [0.15, 0.2) is 74.8 Å². The highest BCUT2D eigenvalue weighted by Crippen LogP contribution is 2.44. The molecule has 2 aromatic carbocycles. The third-order valence-corrected chi connectivity index (χ3v) is 7.15. The SMILES string of the molecule is CCc1ccc2nc(N3C(=O)C(O)=C(C(=O)c4ccc(C)o4)C3c3cccc(Br)c3)sc2c1. The predicted molar refractivity (Wildman–Crippen MR) is 131 cm³/mol. The monoisotopic (exact) mass is 522 g/mol. The Bertz CT molecular complexity index is 1450. The molecule has 2 aromatic heterocycles. The van der Waals surface area contributed by atoms with E-state index in [1.54, 1.807) is 19.1 Å². The quantitative estimate of drug-likeness (QED) is 0.310. The summed E-state index contributed by atoms with van der Waals surface area (Å²) in [5, 5.41) is 11.3. The molecule has 1 N–H and O–H groups in total. The van der Waals surface area contributed by atoms with E-state index in [-0.39, 0.29) is 11.3 Å². The van der Waals surface area contributed by atoms with Gasteiger partial charge < -0.3 is 9.52 Å². The number of Topliss-reactive ketones (excluding diaryl/α,β-unsaturated/α-hetero) is 1. The van der Waals surface area contributed by atoms with Crippen molar-refractivity contribution in [2.75, 3.05) is 4.90 Å².